The summed E-state index contributed by atoms with van der Waals surface area (Å²) in [6, 6.07) is -0.349. The molecule has 1 saturated carbocycles. The van der Waals surface area contributed by atoms with Gasteiger partial charge in [-0.25, -0.2) is 9.69 Å². The molecule has 2 fully saturated rings. The van der Waals surface area contributed by atoms with Gasteiger partial charge in [-0.05, 0) is 59.4 Å². The third-order valence-electron chi connectivity index (χ3n) is 4.68. The zero-order valence-corrected chi connectivity index (χ0v) is 15.4. The van der Waals surface area contributed by atoms with E-state index in [1.165, 1.54) is 4.90 Å². The molecule has 1 spiro atoms. The number of rotatable bonds is 4. The molecule has 136 valence electrons. The van der Waals surface area contributed by atoms with E-state index in [2.05, 4.69) is 17.6 Å². The molecule has 24 heavy (non-hydrogen) atoms. The standard InChI is InChI=1S/C17H30N4O3/c1-12-6-8-17(9-7-12)14(23)21(15(24)19-17)11-20(5)10-13(22)18-16(2,3)4/h12H,6-11H2,1-5H3,(H,18,22)(H,19,24). The summed E-state index contributed by atoms with van der Waals surface area (Å²) < 4.78 is 0. The molecule has 0 bridgehead atoms. The molecule has 0 aromatic rings. The smallest absolute Gasteiger partial charge is 0.326 e. The summed E-state index contributed by atoms with van der Waals surface area (Å²) in [5, 5.41) is 5.77. The van der Waals surface area contributed by atoms with E-state index in [4.69, 9.17) is 0 Å². The number of carbonyl (C=O) groups excluding carboxylic acids is 3. The van der Waals surface area contributed by atoms with Gasteiger partial charge in [0.1, 0.15) is 5.54 Å². The van der Waals surface area contributed by atoms with Gasteiger partial charge in [-0.2, -0.15) is 0 Å². The molecular formula is C17H30N4O3. The number of amides is 4. The Morgan fingerprint density at radius 2 is 1.92 bits per heavy atom. The molecule has 7 nitrogen and oxygen atoms in total. The van der Waals surface area contributed by atoms with Crippen molar-refractivity contribution in [2.45, 2.75) is 64.5 Å². The number of carbonyl (C=O) groups is 3. The Hall–Kier alpha value is -1.63. The number of nitrogens with zero attached hydrogens (tertiary/aromatic N) is 2. The normalized spacial score (nSPS) is 27.8. The topological polar surface area (TPSA) is 81.8 Å². The van der Waals surface area contributed by atoms with Crippen LogP contribution in [0.4, 0.5) is 4.79 Å². The number of likely N-dealkylation sites (N-methyl/N-ethyl adjacent to an activating group) is 1. The van der Waals surface area contributed by atoms with E-state index >= 15 is 0 Å². The van der Waals surface area contributed by atoms with Crippen molar-refractivity contribution >= 4 is 17.8 Å². The second kappa shape index (κ2) is 6.70. The largest absolute Gasteiger partial charge is 0.350 e. The summed E-state index contributed by atoms with van der Waals surface area (Å²) in [6.45, 7) is 8.17. The second-order valence-corrected chi connectivity index (χ2v) is 8.38. The van der Waals surface area contributed by atoms with Crippen molar-refractivity contribution in [1.29, 1.82) is 0 Å². The zero-order valence-electron chi connectivity index (χ0n) is 15.4. The van der Waals surface area contributed by atoms with Gasteiger partial charge in [0.25, 0.3) is 5.91 Å². The average Bonchev–Trinajstić information content (AvgIpc) is 2.65. The van der Waals surface area contributed by atoms with Gasteiger partial charge in [0, 0.05) is 5.54 Å². The van der Waals surface area contributed by atoms with Gasteiger partial charge in [-0.3, -0.25) is 14.5 Å². The van der Waals surface area contributed by atoms with Crippen LogP contribution >= 0.6 is 0 Å². The second-order valence-electron chi connectivity index (χ2n) is 8.38. The molecule has 1 saturated heterocycles. The van der Waals surface area contributed by atoms with E-state index in [1.54, 1.807) is 11.9 Å². The van der Waals surface area contributed by atoms with Crippen LogP contribution in [0, 0.1) is 5.92 Å². The van der Waals surface area contributed by atoms with Crippen LogP contribution < -0.4 is 10.6 Å². The molecule has 0 radical (unpaired) electrons. The van der Waals surface area contributed by atoms with Crippen molar-refractivity contribution in [1.82, 2.24) is 20.4 Å². The van der Waals surface area contributed by atoms with Crippen LogP contribution in [-0.2, 0) is 9.59 Å². The fourth-order valence-corrected chi connectivity index (χ4v) is 3.39. The van der Waals surface area contributed by atoms with Gasteiger partial charge >= 0.3 is 6.03 Å². The van der Waals surface area contributed by atoms with Crippen molar-refractivity contribution in [3.05, 3.63) is 0 Å². The Labute approximate surface area is 144 Å². The number of hydrogen-bond donors (Lipinski definition) is 2. The minimum Gasteiger partial charge on any atom is -0.350 e. The van der Waals surface area contributed by atoms with E-state index in [0.29, 0.717) is 18.8 Å². The van der Waals surface area contributed by atoms with Crippen LogP contribution in [0.3, 0.4) is 0 Å². The summed E-state index contributed by atoms with van der Waals surface area (Å²) in [5.41, 5.74) is -1.03. The van der Waals surface area contributed by atoms with Crippen LogP contribution in [0.5, 0.6) is 0 Å². The van der Waals surface area contributed by atoms with Gasteiger partial charge in [0.15, 0.2) is 0 Å². The Morgan fingerprint density at radius 3 is 2.46 bits per heavy atom. The minimum absolute atomic E-state index is 0.125. The first-order valence-electron chi connectivity index (χ1n) is 8.66. The van der Waals surface area contributed by atoms with Crippen molar-refractivity contribution in [3.63, 3.8) is 0 Å². The molecule has 2 aliphatic rings. The van der Waals surface area contributed by atoms with E-state index in [-0.39, 0.29) is 36.6 Å². The Kier molecular flexibility index (Phi) is 5.22. The predicted octanol–water partition coefficient (Wildman–Crippen LogP) is 1.29. The molecule has 1 aliphatic heterocycles. The molecule has 2 rings (SSSR count). The third kappa shape index (κ3) is 4.26. The first-order valence-corrected chi connectivity index (χ1v) is 8.66. The lowest BCUT2D eigenvalue weighted by atomic mass is 9.77. The minimum atomic E-state index is -0.724. The van der Waals surface area contributed by atoms with Gasteiger partial charge < -0.3 is 10.6 Å². The highest BCUT2D eigenvalue weighted by Crippen LogP contribution is 2.36. The maximum absolute atomic E-state index is 12.8. The Balaban J connectivity index is 1.94. The van der Waals surface area contributed by atoms with Gasteiger partial charge in [-0.15, -0.1) is 0 Å². The summed E-state index contributed by atoms with van der Waals surface area (Å²) >= 11 is 0. The summed E-state index contributed by atoms with van der Waals surface area (Å²) in [7, 11) is 1.73. The van der Waals surface area contributed by atoms with Crippen molar-refractivity contribution < 1.29 is 14.4 Å². The number of imide groups is 1. The molecule has 1 heterocycles. The molecule has 2 N–H and O–H groups in total. The lowest BCUT2D eigenvalue weighted by Crippen LogP contribution is -2.50. The number of urea groups is 1. The first-order chi connectivity index (χ1) is 11.0. The summed E-state index contributed by atoms with van der Waals surface area (Å²) in [6.07, 6.45) is 3.29. The van der Waals surface area contributed by atoms with Crippen molar-refractivity contribution in [2.75, 3.05) is 20.3 Å². The zero-order chi connectivity index (χ0) is 18.1. The predicted molar refractivity (Wildman–Crippen MR) is 91.1 cm³/mol. The number of hydrogen-bond acceptors (Lipinski definition) is 4. The molecule has 4 amide bonds. The Bertz CT molecular complexity index is 518. The lowest BCUT2D eigenvalue weighted by molar-refractivity contribution is -0.135. The van der Waals surface area contributed by atoms with Crippen LogP contribution in [0.15, 0.2) is 0 Å². The lowest BCUT2D eigenvalue weighted by Gasteiger charge is -2.33. The molecule has 0 aromatic carbocycles. The van der Waals surface area contributed by atoms with Crippen LogP contribution in [-0.4, -0.2) is 59.0 Å². The fraction of sp³-hybridized carbons (Fsp3) is 0.824. The van der Waals surface area contributed by atoms with Crippen molar-refractivity contribution in [2.24, 2.45) is 5.92 Å². The molecular weight excluding hydrogens is 308 g/mol. The first kappa shape index (κ1) is 18.7. The maximum atomic E-state index is 12.8. The van der Waals surface area contributed by atoms with E-state index in [0.717, 1.165) is 12.8 Å². The quantitative estimate of drug-likeness (QED) is 0.757. The van der Waals surface area contributed by atoms with Crippen molar-refractivity contribution in [3.8, 4) is 0 Å². The van der Waals surface area contributed by atoms with Crippen LogP contribution in [0.2, 0.25) is 0 Å². The van der Waals surface area contributed by atoms with Crippen LogP contribution in [0.25, 0.3) is 0 Å². The van der Waals surface area contributed by atoms with Gasteiger partial charge in [0.05, 0.1) is 13.2 Å². The van der Waals surface area contributed by atoms with Gasteiger partial charge in [0.2, 0.25) is 5.91 Å². The number of nitrogens with one attached hydrogen (secondary N) is 2. The highest BCUT2D eigenvalue weighted by Gasteiger charge is 2.52. The van der Waals surface area contributed by atoms with E-state index in [1.807, 2.05) is 20.8 Å². The molecule has 1 aliphatic carbocycles. The summed E-state index contributed by atoms with van der Waals surface area (Å²) in [4.78, 5) is 39.9. The molecule has 7 heteroatoms. The van der Waals surface area contributed by atoms with E-state index in [9.17, 15) is 14.4 Å². The molecule has 0 atom stereocenters. The molecule has 0 aromatic heterocycles. The monoisotopic (exact) mass is 338 g/mol. The third-order valence-corrected chi connectivity index (χ3v) is 4.68. The summed E-state index contributed by atoms with van der Waals surface area (Å²) in [5.74, 6) is 0.318. The highest BCUT2D eigenvalue weighted by atomic mass is 16.2. The van der Waals surface area contributed by atoms with Gasteiger partial charge in [-0.1, -0.05) is 6.92 Å². The van der Waals surface area contributed by atoms with E-state index < -0.39 is 5.54 Å². The Morgan fingerprint density at radius 1 is 1.33 bits per heavy atom. The van der Waals surface area contributed by atoms with Crippen LogP contribution in [0.1, 0.15) is 53.4 Å². The SMILES string of the molecule is CC1CCC2(CC1)NC(=O)N(CN(C)CC(=O)NC(C)(C)C)C2=O. The fourth-order valence-electron chi connectivity index (χ4n) is 3.39. The average molecular weight is 338 g/mol. The maximum Gasteiger partial charge on any atom is 0.326 e. The highest BCUT2D eigenvalue weighted by molar-refractivity contribution is 6.07. The molecule has 0 unspecified atom stereocenters.